The number of aromatic nitrogens is 4. The van der Waals surface area contributed by atoms with Crippen LogP contribution >= 0.6 is 11.6 Å². The number of nitrogens with one attached hydrogen (secondary N) is 1. The van der Waals surface area contributed by atoms with Crippen LogP contribution in [0, 0.1) is 0 Å². The molecule has 0 spiro atoms. The number of alkyl halides is 2. The van der Waals surface area contributed by atoms with Gasteiger partial charge in [0.15, 0.2) is 6.04 Å². The second kappa shape index (κ2) is 7.63. The fraction of sp³-hybridized carbons (Fsp3) is 0.429. The molecule has 1 aromatic heterocycles. The van der Waals surface area contributed by atoms with Gasteiger partial charge in [0.1, 0.15) is 0 Å². The lowest BCUT2D eigenvalue weighted by atomic mass is 10.2. The monoisotopic (exact) mass is 358 g/mol. The van der Waals surface area contributed by atoms with Gasteiger partial charge in [-0.15, -0.1) is 10.2 Å². The zero-order chi connectivity index (χ0) is 17.7. The summed E-state index contributed by atoms with van der Waals surface area (Å²) in [6.45, 7) is 0.0422. The lowest BCUT2D eigenvalue weighted by molar-refractivity contribution is -0.126. The molecule has 0 saturated heterocycles. The van der Waals surface area contributed by atoms with Crippen LogP contribution in [0.5, 0.6) is 0 Å². The molecule has 0 saturated carbocycles. The van der Waals surface area contributed by atoms with E-state index < -0.39 is 31.0 Å². The summed E-state index contributed by atoms with van der Waals surface area (Å²) < 4.78 is 26.3. The van der Waals surface area contributed by atoms with Crippen molar-refractivity contribution in [2.75, 3.05) is 13.1 Å². The number of carbonyl (C=O) groups excluding carboxylic acids is 1. The zero-order valence-corrected chi connectivity index (χ0v) is 13.7. The number of hydrogen-bond donors (Lipinski definition) is 2. The van der Waals surface area contributed by atoms with Crippen molar-refractivity contribution in [2.45, 2.75) is 25.3 Å². The second-order valence-electron chi connectivity index (χ2n) is 5.14. The van der Waals surface area contributed by atoms with Gasteiger partial charge < -0.3 is 11.1 Å². The minimum Gasteiger partial charge on any atom is -0.348 e. The molecule has 1 aromatic carbocycles. The molecule has 0 radical (unpaired) electrons. The van der Waals surface area contributed by atoms with Crippen LogP contribution < -0.4 is 11.1 Å². The van der Waals surface area contributed by atoms with Crippen molar-refractivity contribution in [1.82, 2.24) is 25.5 Å². The Kier molecular flexibility index (Phi) is 5.79. The maximum absolute atomic E-state index is 13.1. The van der Waals surface area contributed by atoms with Crippen molar-refractivity contribution in [3.05, 3.63) is 29.3 Å². The molecule has 2 aromatic rings. The molecule has 10 heteroatoms. The fourth-order valence-electron chi connectivity index (χ4n) is 1.93. The molecular formula is C14H17ClF2N6O. The smallest absolute Gasteiger partial charge is 0.277 e. The Morgan fingerprint density at radius 1 is 1.42 bits per heavy atom. The SMILES string of the molecule is CCC(C(=O)NCC(F)(F)CN)n1nnc(-c2ccc(Cl)cc2)n1. The Balaban J connectivity index is 2.11. The second-order valence-corrected chi connectivity index (χ2v) is 5.58. The van der Waals surface area contributed by atoms with Gasteiger partial charge in [-0.1, -0.05) is 18.5 Å². The average molecular weight is 359 g/mol. The van der Waals surface area contributed by atoms with Crippen LogP contribution in [0.15, 0.2) is 24.3 Å². The lowest BCUT2D eigenvalue weighted by Gasteiger charge is -2.17. The Labute approximate surface area is 142 Å². The molecule has 3 N–H and O–H groups in total. The highest BCUT2D eigenvalue weighted by Crippen LogP contribution is 2.18. The van der Waals surface area contributed by atoms with E-state index in [1.54, 1.807) is 31.2 Å². The number of benzene rings is 1. The van der Waals surface area contributed by atoms with Crippen LogP contribution in [0.1, 0.15) is 19.4 Å². The average Bonchev–Trinajstić information content (AvgIpc) is 3.04. The Morgan fingerprint density at radius 2 is 2.08 bits per heavy atom. The quantitative estimate of drug-likeness (QED) is 0.784. The minimum atomic E-state index is -3.15. The molecule has 1 atom stereocenters. The van der Waals surface area contributed by atoms with Gasteiger partial charge in [0, 0.05) is 10.6 Å². The maximum atomic E-state index is 13.1. The number of rotatable bonds is 7. The summed E-state index contributed by atoms with van der Waals surface area (Å²) in [5.74, 6) is -3.46. The highest BCUT2D eigenvalue weighted by Gasteiger charge is 2.30. The van der Waals surface area contributed by atoms with Crippen molar-refractivity contribution in [3.8, 4) is 11.4 Å². The predicted molar refractivity (Wildman–Crippen MR) is 84.6 cm³/mol. The van der Waals surface area contributed by atoms with E-state index in [1.165, 1.54) is 0 Å². The van der Waals surface area contributed by atoms with Gasteiger partial charge in [-0.05, 0) is 35.9 Å². The fourth-order valence-corrected chi connectivity index (χ4v) is 2.06. The first kappa shape index (κ1) is 18.2. The van der Waals surface area contributed by atoms with Gasteiger partial charge in [-0.2, -0.15) is 4.80 Å². The first-order chi connectivity index (χ1) is 11.4. The topological polar surface area (TPSA) is 98.7 Å². The van der Waals surface area contributed by atoms with Gasteiger partial charge in [0.2, 0.25) is 11.7 Å². The van der Waals surface area contributed by atoms with Crippen LogP contribution in [0.2, 0.25) is 5.02 Å². The first-order valence-corrected chi connectivity index (χ1v) is 7.65. The number of nitrogens with zero attached hydrogens (tertiary/aromatic N) is 4. The Morgan fingerprint density at radius 3 is 2.67 bits per heavy atom. The third-order valence-electron chi connectivity index (χ3n) is 3.32. The molecule has 24 heavy (non-hydrogen) atoms. The van der Waals surface area contributed by atoms with Crippen LogP contribution in [0.25, 0.3) is 11.4 Å². The summed E-state index contributed by atoms with van der Waals surface area (Å²) in [6.07, 6.45) is 0.316. The van der Waals surface area contributed by atoms with E-state index >= 15 is 0 Å². The highest BCUT2D eigenvalue weighted by atomic mass is 35.5. The number of hydrogen-bond acceptors (Lipinski definition) is 5. The molecule has 0 aliphatic heterocycles. The van der Waals surface area contributed by atoms with E-state index in [9.17, 15) is 13.6 Å². The molecule has 1 unspecified atom stereocenters. The third-order valence-corrected chi connectivity index (χ3v) is 3.57. The maximum Gasteiger partial charge on any atom is 0.277 e. The van der Waals surface area contributed by atoms with Gasteiger partial charge in [0.05, 0.1) is 13.1 Å². The summed E-state index contributed by atoms with van der Waals surface area (Å²) in [6, 6.07) is 5.94. The van der Waals surface area contributed by atoms with Crippen LogP contribution in [0.3, 0.4) is 0 Å². The molecule has 0 aliphatic carbocycles. The van der Waals surface area contributed by atoms with Crippen molar-refractivity contribution in [1.29, 1.82) is 0 Å². The van der Waals surface area contributed by atoms with Crippen molar-refractivity contribution in [3.63, 3.8) is 0 Å². The van der Waals surface area contributed by atoms with Gasteiger partial charge in [-0.3, -0.25) is 4.79 Å². The zero-order valence-electron chi connectivity index (χ0n) is 12.9. The minimum absolute atomic E-state index is 0.310. The number of nitrogens with two attached hydrogens (primary N) is 1. The van der Waals surface area contributed by atoms with E-state index in [0.29, 0.717) is 22.8 Å². The number of tetrazole rings is 1. The molecule has 7 nitrogen and oxygen atoms in total. The lowest BCUT2D eigenvalue weighted by Crippen LogP contribution is -2.44. The van der Waals surface area contributed by atoms with E-state index in [0.717, 1.165) is 4.80 Å². The van der Waals surface area contributed by atoms with Crippen LogP contribution in [-0.2, 0) is 4.79 Å². The van der Waals surface area contributed by atoms with Crippen LogP contribution in [0.4, 0.5) is 8.78 Å². The predicted octanol–water partition coefficient (Wildman–Crippen LogP) is 1.65. The highest BCUT2D eigenvalue weighted by molar-refractivity contribution is 6.30. The van der Waals surface area contributed by atoms with Gasteiger partial charge in [-0.25, -0.2) is 8.78 Å². The Bertz CT molecular complexity index is 691. The molecule has 1 amide bonds. The van der Waals surface area contributed by atoms with Crippen molar-refractivity contribution in [2.24, 2.45) is 5.73 Å². The largest absolute Gasteiger partial charge is 0.348 e. The number of amides is 1. The molecule has 0 bridgehead atoms. The van der Waals surface area contributed by atoms with Crippen molar-refractivity contribution >= 4 is 17.5 Å². The van der Waals surface area contributed by atoms with Crippen molar-refractivity contribution < 1.29 is 13.6 Å². The molecule has 0 aliphatic rings. The standard InChI is InChI=1S/C14H17ClF2N6O/c1-2-11(13(24)19-8-14(16,17)7-18)23-21-12(20-22-23)9-3-5-10(15)6-4-9/h3-6,11H,2,7-8,18H2,1H3,(H,19,24). The normalized spacial score (nSPS) is 12.9. The summed E-state index contributed by atoms with van der Waals surface area (Å²) in [5, 5.41) is 14.6. The summed E-state index contributed by atoms with van der Waals surface area (Å²) in [4.78, 5) is 13.2. The van der Waals surface area contributed by atoms with E-state index in [1.807, 2.05) is 0 Å². The molecule has 0 fully saturated rings. The van der Waals surface area contributed by atoms with Gasteiger partial charge >= 0.3 is 0 Å². The summed E-state index contributed by atoms with van der Waals surface area (Å²) >= 11 is 5.82. The molecular weight excluding hydrogens is 342 g/mol. The van der Waals surface area contributed by atoms with Gasteiger partial charge in [0.25, 0.3) is 5.92 Å². The summed E-state index contributed by atoms with van der Waals surface area (Å²) in [5.41, 5.74) is 5.62. The molecule has 130 valence electrons. The van der Waals surface area contributed by atoms with E-state index in [4.69, 9.17) is 17.3 Å². The molecule has 2 rings (SSSR count). The Hall–Kier alpha value is -2.13. The first-order valence-electron chi connectivity index (χ1n) is 7.27. The third kappa shape index (κ3) is 4.45. The number of halogens is 3. The van der Waals surface area contributed by atoms with Crippen LogP contribution in [-0.4, -0.2) is 45.1 Å². The number of carbonyl (C=O) groups is 1. The van der Waals surface area contributed by atoms with E-state index in [-0.39, 0.29) is 0 Å². The van der Waals surface area contributed by atoms with E-state index in [2.05, 4.69) is 20.7 Å². The molecule has 1 heterocycles. The summed E-state index contributed by atoms with van der Waals surface area (Å²) in [7, 11) is 0.